The van der Waals surface area contributed by atoms with Gasteiger partial charge in [-0.25, -0.2) is 9.59 Å². The van der Waals surface area contributed by atoms with E-state index in [4.69, 9.17) is 10.5 Å². The molecule has 0 aliphatic carbocycles. The molecule has 0 bridgehead atoms. The summed E-state index contributed by atoms with van der Waals surface area (Å²) in [6.45, 7) is 0.350. The lowest BCUT2D eigenvalue weighted by Crippen LogP contribution is -2.45. The van der Waals surface area contributed by atoms with E-state index >= 15 is 0 Å². The highest BCUT2D eigenvalue weighted by Crippen LogP contribution is 2.05. The number of nitrogens with zero attached hydrogens (tertiary/aromatic N) is 1. The molecule has 1 fully saturated rings. The molecule has 21 heavy (non-hydrogen) atoms. The highest BCUT2D eigenvalue weighted by molar-refractivity contribution is 6.04. The minimum absolute atomic E-state index is 0.0480. The number of Topliss-reactive ketones (excluding diaryl/α,β-unsaturated/α-hetero) is 1. The van der Waals surface area contributed by atoms with Crippen molar-refractivity contribution in [3.63, 3.8) is 0 Å². The molecule has 7 nitrogen and oxygen atoms in total. The maximum absolute atomic E-state index is 11.8. The van der Waals surface area contributed by atoms with Crippen LogP contribution >= 0.6 is 0 Å². The van der Waals surface area contributed by atoms with Gasteiger partial charge in [-0.1, -0.05) is 30.3 Å². The van der Waals surface area contributed by atoms with Gasteiger partial charge in [0, 0.05) is 0 Å². The van der Waals surface area contributed by atoms with E-state index in [1.807, 2.05) is 18.2 Å². The molecular formula is C14H16N2O5. The van der Waals surface area contributed by atoms with Gasteiger partial charge in [-0.05, 0) is 5.56 Å². The third-order valence-corrected chi connectivity index (χ3v) is 3.02. The number of benzene rings is 1. The summed E-state index contributed by atoms with van der Waals surface area (Å²) in [5, 5.41) is 0. The number of hydrogen-bond acceptors (Lipinski definition) is 6. The van der Waals surface area contributed by atoms with E-state index in [2.05, 4.69) is 4.74 Å². The van der Waals surface area contributed by atoms with Gasteiger partial charge in [-0.3, -0.25) is 9.69 Å². The molecule has 0 saturated carbocycles. The number of ketones is 1. The number of carbonyl (C=O) groups excluding carboxylic acids is 3. The second-order valence-electron chi connectivity index (χ2n) is 4.57. The maximum Gasteiger partial charge on any atom is 0.410 e. The molecule has 0 aromatic heterocycles. The van der Waals surface area contributed by atoms with Crippen LogP contribution in [0.25, 0.3) is 0 Å². The van der Waals surface area contributed by atoms with Crippen molar-refractivity contribution in [2.24, 2.45) is 5.73 Å². The molecule has 7 heteroatoms. The van der Waals surface area contributed by atoms with Crippen molar-refractivity contribution in [3.8, 4) is 0 Å². The summed E-state index contributed by atoms with van der Waals surface area (Å²) in [5.74, 6) is -1.39. The van der Waals surface area contributed by atoms with E-state index in [-0.39, 0.29) is 19.8 Å². The van der Waals surface area contributed by atoms with Crippen molar-refractivity contribution in [2.75, 3.05) is 19.7 Å². The van der Waals surface area contributed by atoms with Crippen LogP contribution in [0, 0.1) is 0 Å². The lowest BCUT2D eigenvalue weighted by Gasteiger charge is -2.15. The number of rotatable bonds is 6. The van der Waals surface area contributed by atoms with Crippen LogP contribution in [0.1, 0.15) is 5.56 Å². The Kier molecular flexibility index (Phi) is 4.89. The minimum atomic E-state index is -1.40. The molecule has 1 saturated heterocycles. The van der Waals surface area contributed by atoms with E-state index in [0.717, 1.165) is 5.56 Å². The van der Waals surface area contributed by atoms with Gasteiger partial charge in [0.1, 0.15) is 13.2 Å². The molecule has 1 heterocycles. The molecule has 1 atom stereocenters. The third-order valence-electron chi connectivity index (χ3n) is 3.02. The molecule has 2 rings (SSSR count). The third kappa shape index (κ3) is 4.03. The summed E-state index contributed by atoms with van der Waals surface area (Å²) in [6.07, 6.45) is -0.576. The molecule has 0 spiro atoms. The topological polar surface area (TPSA) is 98.9 Å². The number of esters is 1. The molecule has 1 aliphatic heterocycles. The van der Waals surface area contributed by atoms with E-state index in [1.54, 1.807) is 12.1 Å². The number of amides is 1. The van der Waals surface area contributed by atoms with Crippen LogP contribution in [-0.4, -0.2) is 48.5 Å². The lowest BCUT2D eigenvalue weighted by molar-refractivity contribution is -0.149. The van der Waals surface area contributed by atoms with Crippen LogP contribution in [0.15, 0.2) is 30.3 Å². The first kappa shape index (κ1) is 15.0. The molecule has 1 amide bonds. The van der Waals surface area contributed by atoms with Gasteiger partial charge in [0.15, 0.2) is 11.8 Å². The molecule has 1 aliphatic rings. The highest BCUT2D eigenvalue weighted by Gasteiger charge is 2.30. The van der Waals surface area contributed by atoms with Crippen molar-refractivity contribution in [3.05, 3.63) is 35.9 Å². The number of cyclic esters (lactones) is 1. The number of hydrogen-bond donors (Lipinski definition) is 1. The molecule has 1 aromatic rings. The van der Waals surface area contributed by atoms with Gasteiger partial charge in [-0.15, -0.1) is 0 Å². The van der Waals surface area contributed by atoms with E-state index < -0.39 is 23.9 Å². The standard InChI is InChI=1S/C14H16N2O5/c15-12(11(17)8-16-6-7-20-14(16)19)13(18)21-9-10-4-2-1-3-5-10/h1-5,12H,6-9,15H2. The Morgan fingerprint density at radius 1 is 1.33 bits per heavy atom. The van der Waals surface area contributed by atoms with Crippen LogP contribution < -0.4 is 5.73 Å². The van der Waals surface area contributed by atoms with Gasteiger partial charge in [0.25, 0.3) is 0 Å². The summed E-state index contributed by atoms with van der Waals surface area (Å²) >= 11 is 0. The first-order chi connectivity index (χ1) is 10.1. The summed E-state index contributed by atoms with van der Waals surface area (Å²) in [6, 6.07) is 7.65. The van der Waals surface area contributed by atoms with Gasteiger partial charge < -0.3 is 15.2 Å². The van der Waals surface area contributed by atoms with Crippen LogP contribution in [-0.2, 0) is 25.7 Å². The zero-order chi connectivity index (χ0) is 15.2. The maximum atomic E-state index is 11.8. The van der Waals surface area contributed by atoms with Crippen LogP contribution in [0.5, 0.6) is 0 Å². The summed E-state index contributed by atoms with van der Waals surface area (Å²) in [5.41, 5.74) is 6.35. The number of carbonyl (C=O) groups is 3. The van der Waals surface area contributed by atoms with E-state index in [0.29, 0.717) is 6.54 Å². The SMILES string of the molecule is NC(C(=O)CN1CCOC1=O)C(=O)OCc1ccccc1. The monoisotopic (exact) mass is 292 g/mol. The Bertz CT molecular complexity index is 531. The fraction of sp³-hybridized carbons (Fsp3) is 0.357. The first-order valence-electron chi connectivity index (χ1n) is 6.48. The average molecular weight is 292 g/mol. The fourth-order valence-electron chi connectivity index (χ4n) is 1.81. The molecule has 1 unspecified atom stereocenters. The van der Waals surface area contributed by atoms with Crippen molar-refractivity contribution in [1.82, 2.24) is 4.90 Å². The predicted molar refractivity (Wildman–Crippen MR) is 72.1 cm³/mol. The Balaban J connectivity index is 1.81. The lowest BCUT2D eigenvalue weighted by atomic mass is 10.2. The van der Waals surface area contributed by atoms with Gasteiger partial charge in [0.2, 0.25) is 0 Å². The normalized spacial score (nSPS) is 15.5. The Morgan fingerprint density at radius 2 is 2.05 bits per heavy atom. The molecule has 0 radical (unpaired) electrons. The van der Waals surface area contributed by atoms with Gasteiger partial charge in [0.05, 0.1) is 13.1 Å². The van der Waals surface area contributed by atoms with Crippen molar-refractivity contribution >= 4 is 17.8 Å². The second-order valence-corrected chi connectivity index (χ2v) is 4.57. The van der Waals surface area contributed by atoms with Crippen molar-refractivity contribution in [2.45, 2.75) is 12.6 Å². The van der Waals surface area contributed by atoms with Gasteiger partial charge in [-0.2, -0.15) is 0 Å². The molecule has 112 valence electrons. The zero-order valence-corrected chi connectivity index (χ0v) is 11.4. The molecule has 1 aromatic carbocycles. The van der Waals surface area contributed by atoms with Crippen molar-refractivity contribution in [1.29, 1.82) is 0 Å². The quantitative estimate of drug-likeness (QED) is 0.589. The minimum Gasteiger partial charge on any atom is -0.459 e. The molecular weight excluding hydrogens is 276 g/mol. The Labute approximate surface area is 121 Å². The molecule has 2 N–H and O–H groups in total. The second kappa shape index (κ2) is 6.85. The number of nitrogens with two attached hydrogens (primary N) is 1. The van der Waals surface area contributed by atoms with Crippen LogP contribution in [0.4, 0.5) is 4.79 Å². The van der Waals surface area contributed by atoms with Gasteiger partial charge >= 0.3 is 12.1 Å². The Hall–Kier alpha value is -2.41. The summed E-state index contributed by atoms with van der Waals surface area (Å²) in [4.78, 5) is 35.9. The first-order valence-corrected chi connectivity index (χ1v) is 6.48. The Morgan fingerprint density at radius 3 is 2.67 bits per heavy atom. The largest absolute Gasteiger partial charge is 0.459 e. The highest BCUT2D eigenvalue weighted by atomic mass is 16.6. The fourth-order valence-corrected chi connectivity index (χ4v) is 1.81. The average Bonchev–Trinajstić information content (AvgIpc) is 2.90. The predicted octanol–water partition coefficient (Wildman–Crippen LogP) is 0.0784. The van der Waals surface area contributed by atoms with E-state index in [9.17, 15) is 14.4 Å². The summed E-state index contributed by atoms with van der Waals surface area (Å²) < 4.78 is 9.67. The van der Waals surface area contributed by atoms with Crippen LogP contribution in [0.3, 0.4) is 0 Å². The smallest absolute Gasteiger partial charge is 0.410 e. The summed E-state index contributed by atoms with van der Waals surface area (Å²) in [7, 11) is 0. The van der Waals surface area contributed by atoms with Crippen LogP contribution in [0.2, 0.25) is 0 Å². The number of ether oxygens (including phenoxy) is 2. The van der Waals surface area contributed by atoms with E-state index in [1.165, 1.54) is 4.90 Å². The zero-order valence-electron chi connectivity index (χ0n) is 11.4. The van der Waals surface area contributed by atoms with Crippen molar-refractivity contribution < 1.29 is 23.9 Å².